The van der Waals surface area contributed by atoms with E-state index in [2.05, 4.69) is 20.2 Å². The number of aromatic nitrogens is 2. The molecule has 2 aromatic heterocycles. The first-order valence-corrected chi connectivity index (χ1v) is 11.0. The number of likely N-dealkylation sites (tertiary alicyclic amines) is 1. The Hall–Kier alpha value is -1.60. The summed E-state index contributed by atoms with van der Waals surface area (Å²) in [6, 6.07) is 0. The molecule has 0 aromatic carbocycles. The molecule has 2 saturated heterocycles. The van der Waals surface area contributed by atoms with E-state index in [-0.39, 0.29) is 11.7 Å². The molecule has 2 fully saturated rings. The summed E-state index contributed by atoms with van der Waals surface area (Å²) in [4.78, 5) is 20.2. The summed E-state index contributed by atoms with van der Waals surface area (Å²) >= 11 is 3.40. The zero-order valence-corrected chi connectivity index (χ0v) is 17.9. The second-order valence-corrected chi connectivity index (χ2v) is 9.22. The smallest absolute Gasteiger partial charge is 0.475 e. The van der Waals surface area contributed by atoms with Crippen LogP contribution in [-0.2, 0) is 27.4 Å². The van der Waals surface area contributed by atoms with E-state index in [0.29, 0.717) is 13.2 Å². The lowest BCUT2D eigenvalue weighted by molar-refractivity contribution is -0.192. The monoisotopic (exact) mass is 465 g/mol. The summed E-state index contributed by atoms with van der Waals surface area (Å²) in [5.41, 5.74) is 1.02. The minimum Gasteiger partial charge on any atom is -0.475 e. The molecule has 0 unspecified atom stereocenters. The maximum absolute atomic E-state index is 10.6. The number of rotatable bonds is 5. The molecule has 12 heteroatoms. The maximum Gasteiger partial charge on any atom is 0.490 e. The van der Waals surface area contributed by atoms with E-state index in [4.69, 9.17) is 19.4 Å². The fraction of sp³-hybridized carbons (Fsp3) is 0.611. The van der Waals surface area contributed by atoms with E-state index in [1.54, 1.807) is 22.7 Å². The molecule has 2 aliphatic heterocycles. The van der Waals surface area contributed by atoms with Crippen LogP contribution in [0.3, 0.4) is 0 Å². The SMILES string of the molecule is Cc1nc(CO[C@H]2CO[C@@]3(CCN(Cc4nccs4)C3)C2)cs1.O=C(O)C(F)(F)F. The Morgan fingerprint density at radius 1 is 1.47 bits per heavy atom. The number of ether oxygens (including phenoxy) is 2. The van der Waals surface area contributed by atoms with E-state index in [1.807, 2.05) is 18.5 Å². The fourth-order valence-corrected chi connectivity index (χ4v) is 4.71. The van der Waals surface area contributed by atoms with E-state index >= 15 is 0 Å². The Kier molecular flexibility index (Phi) is 7.45. The summed E-state index contributed by atoms with van der Waals surface area (Å²) in [7, 11) is 0. The van der Waals surface area contributed by atoms with Gasteiger partial charge in [-0.25, -0.2) is 14.8 Å². The van der Waals surface area contributed by atoms with E-state index < -0.39 is 12.1 Å². The molecule has 1 N–H and O–H groups in total. The molecule has 0 radical (unpaired) electrons. The van der Waals surface area contributed by atoms with Gasteiger partial charge in [0.05, 0.1) is 42.2 Å². The lowest BCUT2D eigenvalue weighted by atomic mass is 9.98. The molecule has 0 saturated carbocycles. The third kappa shape index (κ3) is 6.45. The number of nitrogens with zero attached hydrogens (tertiary/aromatic N) is 3. The van der Waals surface area contributed by atoms with Gasteiger partial charge in [0, 0.05) is 36.5 Å². The van der Waals surface area contributed by atoms with Crippen LogP contribution in [0.25, 0.3) is 0 Å². The highest BCUT2D eigenvalue weighted by molar-refractivity contribution is 7.09. The summed E-state index contributed by atoms with van der Waals surface area (Å²) < 4.78 is 43.9. The zero-order valence-electron chi connectivity index (χ0n) is 16.2. The second-order valence-electron chi connectivity index (χ2n) is 7.18. The minimum atomic E-state index is -5.08. The number of hydrogen-bond acceptors (Lipinski definition) is 8. The molecular weight excluding hydrogens is 443 g/mol. The second kappa shape index (κ2) is 9.69. The number of alkyl halides is 3. The van der Waals surface area contributed by atoms with Crippen LogP contribution in [0.5, 0.6) is 0 Å². The highest BCUT2D eigenvalue weighted by Gasteiger charge is 2.46. The van der Waals surface area contributed by atoms with E-state index in [9.17, 15) is 13.2 Å². The number of carboxylic acids is 1. The van der Waals surface area contributed by atoms with Gasteiger partial charge in [0.1, 0.15) is 5.01 Å². The molecule has 7 nitrogen and oxygen atoms in total. The molecule has 0 bridgehead atoms. The molecule has 2 aromatic rings. The zero-order chi connectivity index (χ0) is 21.8. The molecular formula is C18H22F3N3O4S2. The van der Waals surface area contributed by atoms with Gasteiger partial charge in [-0.2, -0.15) is 13.2 Å². The number of aliphatic carboxylic acids is 1. The topological polar surface area (TPSA) is 84.8 Å². The molecule has 30 heavy (non-hydrogen) atoms. The van der Waals surface area contributed by atoms with Crippen molar-refractivity contribution in [3.05, 3.63) is 32.7 Å². The van der Waals surface area contributed by atoms with Crippen molar-refractivity contribution in [2.24, 2.45) is 0 Å². The average molecular weight is 466 g/mol. The van der Waals surface area contributed by atoms with Gasteiger partial charge in [-0.1, -0.05) is 0 Å². The normalized spacial score (nSPS) is 24.2. The number of carbonyl (C=O) groups is 1. The molecule has 166 valence electrons. The third-order valence-electron chi connectivity index (χ3n) is 4.79. The van der Waals surface area contributed by atoms with Crippen LogP contribution in [-0.4, -0.2) is 63.5 Å². The summed E-state index contributed by atoms with van der Waals surface area (Å²) in [5, 5.41) is 13.5. The Morgan fingerprint density at radius 2 is 2.23 bits per heavy atom. The predicted octanol–water partition coefficient (Wildman–Crippen LogP) is 3.49. The van der Waals surface area contributed by atoms with Crippen LogP contribution in [0.15, 0.2) is 17.0 Å². The first-order chi connectivity index (χ1) is 14.2. The van der Waals surface area contributed by atoms with Crippen molar-refractivity contribution in [1.82, 2.24) is 14.9 Å². The van der Waals surface area contributed by atoms with E-state index in [1.165, 1.54) is 5.01 Å². The molecule has 2 aliphatic rings. The standard InChI is InChI=1S/C16H21N3O2S2.C2HF3O2/c1-12-18-13(10-23-12)8-20-14-6-16(21-9-14)2-4-19(11-16)7-15-17-3-5-22-15;3-2(4,5)1(6)7/h3,5,10,14H,2,4,6-9,11H2,1H3;(H,6,7)/t14-,16+;/m1./s1. The first kappa shape index (κ1) is 23.1. The van der Waals surface area contributed by atoms with Crippen molar-refractivity contribution < 1.29 is 32.5 Å². The first-order valence-electron chi connectivity index (χ1n) is 9.23. The summed E-state index contributed by atoms with van der Waals surface area (Å²) in [6.07, 6.45) is -0.933. The number of carboxylic acid groups (broad SMARTS) is 1. The maximum atomic E-state index is 10.6. The van der Waals surface area contributed by atoms with Crippen molar-refractivity contribution in [1.29, 1.82) is 0 Å². The number of aryl methyl sites for hydroxylation is 1. The van der Waals surface area contributed by atoms with Gasteiger partial charge in [-0.15, -0.1) is 22.7 Å². The number of thiazole rings is 2. The van der Waals surface area contributed by atoms with Crippen LogP contribution < -0.4 is 0 Å². The van der Waals surface area contributed by atoms with Crippen molar-refractivity contribution in [3.63, 3.8) is 0 Å². The highest BCUT2D eigenvalue weighted by Crippen LogP contribution is 2.37. The van der Waals surface area contributed by atoms with Crippen molar-refractivity contribution in [2.45, 2.75) is 50.8 Å². The van der Waals surface area contributed by atoms with Gasteiger partial charge in [0.2, 0.25) is 0 Å². The third-order valence-corrected chi connectivity index (χ3v) is 6.38. The number of halogens is 3. The lowest BCUT2D eigenvalue weighted by Gasteiger charge is -2.23. The highest BCUT2D eigenvalue weighted by atomic mass is 32.1. The molecule has 0 aliphatic carbocycles. The van der Waals surface area contributed by atoms with Gasteiger partial charge in [-0.05, 0) is 13.3 Å². The Balaban J connectivity index is 0.000000318. The Labute approximate surface area is 179 Å². The fourth-order valence-electron chi connectivity index (χ4n) is 3.46. The Morgan fingerprint density at radius 3 is 2.83 bits per heavy atom. The van der Waals surface area contributed by atoms with Crippen molar-refractivity contribution in [3.8, 4) is 0 Å². The largest absolute Gasteiger partial charge is 0.490 e. The van der Waals surface area contributed by atoms with Gasteiger partial charge in [0.25, 0.3) is 0 Å². The molecule has 2 atom stereocenters. The molecule has 1 spiro atoms. The van der Waals surface area contributed by atoms with Crippen LogP contribution >= 0.6 is 22.7 Å². The van der Waals surface area contributed by atoms with Gasteiger partial charge >= 0.3 is 12.1 Å². The van der Waals surface area contributed by atoms with Crippen LogP contribution in [0.2, 0.25) is 0 Å². The van der Waals surface area contributed by atoms with Crippen molar-refractivity contribution >= 4 is 28.6 Å². The summed E-state index contributed by atoms with van der Waals surface area (Å²) in [5.74, 6) is -2.76. The quantitative estimate of drug-likeness (QED) is 0.724. The van der Waals surface area contributed by atoms with Crippen molar-refractivity contribution in [2.75, 3.05) is 19.7 Å². The molecule has 4 rings (SSSR count). The van der Waals surface area contributed by atoms with Crippen LogP contribution in [0.1, 0.15) is 28.6 Å². The van der Waals surface area contributed by atoms with Gasteiger partial charge < -0.3 is 14.6 Å². The lowest BCUT2D eigenvalue weighted by Crippen LogP contribution is -2.32. The summed E-state index contributed by atoms with van der Waals surface area (Å²) in [6.45, 7) is 6.33. The Bertz CT molecular complexity index is 831. The average Bonchev–Trinajstić information content (AvgIpc) is 3.45. The molecule has 0 amide bonds. The van der Waals surface area contributed by atoms with Gasteiger partial charge in [-0.3, -0.25) is 4.90 Å². The van der Waals surface area contributed by atoms with E-state index in [0.717, 1.165) is 43.2 Å². The predicted molar refractivity (Wildman–Crippen MR) is 104 cm³/mol. The van der Waals surface area contributed by atoms with Crippen LogP contribution in [0, 0.1) is 6.92 Å². The molecule has 4 heterocycles. The minimum absolute atomic E-state index is 0.0140. The van der Waals surface area contributed by atoms with Crippen LogP contribution in [0.4, 0.5) is 13.2 Å². The number of hydrogen-bond donors (Lipinski definition) is 1. The van der Waals surface area contributed by atoms with Gasteiger partial charge in [0.15, 0.2) is 0 Å².